The van der Waals surface area contributed by atoms with Crippen LogP contribution in [0.1, 0.15) is 15.9 Å². The summed E-state index contributed by atoms with van der Waals surface area (Å²) in [7, 11) is 1.63. The molecule has 2 aromatic carbocycles. The van der Waals surface area contributed by atoms with Crippen molar-refractivity contribution in [1.29, 1.82) is 0 Å². The molecule has 0 atom stereocenters. The number of amides is 1. The molecular weight excluding hydrogens is 276 g/mol. The molecule has 2 N–H and O–H groups in total. The summed E-state index contributed by atoms with van der Waals surface area (Å²) in [5.41, 5.74) is 7.60. The van der Waals surface area contributed by atoms with Gasteiger partial charge in [0.1, 0.15) is 0 Å². The van der Waals surface area contributed by atoms with E-state index >= 15 is 0 Å². The summed E-state index contributed by atoms with van der Waals surface area (Å²) in [6, 6.07) is 11.6. The van der Waals surface area contributed by atoms with Crippen LogP contribution in [0.5, 0.6) is 0 Å². The van der Waals surface area contributed by atoms with Crippen LogP contribution in [-0.4, -0.2) is 19.2 Å². The Labute approximate surface area is 121 Å². The van der Waals surface area contributed by atoms with Crippen molar-refractivity contribution >= 4 is 35.2 Å². The predicted molar refractivity (Wildman–Crippen MR) is 80.2 cm³/mol. The SMILES string of the molecule is CN(C=O)c1ccc(C(=O)c2c(N)cccc2Cl)cc1. The van der Waals surface area contributed by atoms with Gasteiger partial charge in [-0.1, -0.05) is 17.7 Å². The number of nitrogens with zero attached hydrogens (tertiary/aromatic N) is 1. The lowest BCUT2D eigenvalue weighted by molar-refractivity contribution is -0.107. The van der Waals surface area contributed by atoms with E-state index in [0.29, 0.717) is 33.9 Å². The van der Waals surface area contributed by atoms with Gasteiger partial charge in [0.05, 0.1) is 10.6 Å². The highest BCUT2D eigenvalue weighted by Gasteiger charge is 2.16. The smallest absolute Gasteiger partial charge is 0.213 e. The minimum Gasteiger partial charge on any atom is -0.398 e. The maximum Gasteiger partial charge on any atom is 0.213 e. The third-order valence-corrected chi connectivity index (χ3v) is 3.28. The normalized spacial score (nSPS) is 10.1. The summed E-state index contributed by atoms with van der Waals surface area (Å²) in [6.45, 7) is 0. The second-order valence-corrected chi connectivity index (χ2v) is 4.70. The van der Waals surface area contributed by atoms with Crippen LogP contribution in [0.3, 0.4) is 0 Å². The van der Waals surface area contributed by atoms with E-state index in [0.717, 1.165) is 0 Å². The van der Waals surface area contributed by atoms with Crippen LogP contribution in [-0.2, 0) is 4.79 Å². The molecule has 0 heterocycles. The zero-order valence-corrected chi connectivity index (χ0v) is 11.6. The molecule has 0 aliphatic rings. The van der Waals surface area contributed by atoms with Gasteiger partial charge in [0.25, 0.3) is 0 Å². The number of hydrogen-bond donors (Lipinski definition) is 1. The molecule has 5 heteroatoms. The van der Waals surface area contributed by atoms with Gasteiger partial charge in [-0.25, -0.2) is 0 Å². The van der Waals surface area contributed by atoms with E-state index in [1.165, 1.54) is 4.90 Å². The highest BCUT2D eigenvalue weighted by atomic mass is 35.5. The van der Waals surface area contributed by atoms with Gasteiger partial charge in [0, 0.05) is 24.0 Å². The molecule has 102 valence electrons. The van der Waals surface area contributed by atoms with Crippen LogP contribution >= 0.6 is 11.6 Å². The lowest BCUT2D eigenvalue weighted by atomic mass is 10.0. The van der Waals surface area contributed by atoms with E-state index in [-0.39, 0.29) is 5.78 Å². The summed E-state index contributed by atoms with van der Waals surface area (Å²) in [5.74, 6) is -0.242. The molecule has 2 rings (SSSR count). The van der Waals surface area contributed by atoms with Gasteiger partial charge in [-0.3, -0.25) is 9.59 Å². The topological polar surface area (TPSA) is 63.4 Å². The Morgan fingerprint density at radius 2 is 1.85 bits per heavy atom. The molecule has 4 nitrogen and oxygen atoms in total. The number of nitrogen functional groups attached to an aromatic ring is 1. The second kappa shape index (κ2) is 5.75. The zero-order chi connectivity index (χ0) is 14.7. The Bertz CT molecular complexity index is 633. The second-order valence-electron chi connectivity index (χ2n) is 4.30. The van der Waals surface area contributed by atoms with Crippen molar-refractivity contribution in [3.63, 3.8) is 0 Å². The molecule has 2 aromatic rings. The fourth-order valence-electron chi connectivity index (χ4n) is 1.83. The number of benzene rings is 2. The van der Waals surface area contributed by atoms with Crippen LogP contribution in [0.4, 0.5) is 11.4 Å². The number of halogens is 1. The standard InChI is InChI=1S/C15H13ClN2O2/c1-18(9-19)11-7-5-10(6-8-11)15(20)14-12(16)3-2-4-13(14)17/h2-9H,17H2,1H3. The minimum absolute atomic E-state index is 0.242. The van der Waals surface area contributed by atoms with Crippen molar-refractivity contribution in [1.82, 2.24) is 0 Å². The van der Waals surface area contributed by atoms with Crippen LogP contribution in [0, 0.1) is 0 Å². The summed E-state index contributed by atoms with van der Waals surface area (Å²) in [5, 5.41) is 0.323. The zero-order valence-electron chi connectivity index (χ0n) is 10.8. The highest BCUT2D eigenvalue weighted by Crippen LogP contribution is 2.25. The summed E-state index contributed by atoms with van der Waals surface area (Å²) in [6.07, 6.45) is 0.697. The lowest BCUT2D eigenvalue weighted by Gasteiger charge is -2.11. The monoisotopic (exact) mass is 288 g/mol. The molecular formula is C15H13ClN2O2. The first kappa shape index (κ1) is 14.1. The Balaban J connectivity index is 2.37. The van der Waals surface area contributed by atoms with Crippen molar-refractivity contribution < 1.29 is 9.59 Å². The van der Waals surface area contributed by atoms with Gasteiger partial charge in [0.2, 0.25) is 6.41 Å². The molecule has 0 fully saturated rings. The fraction of sp³-hybridized carbons (Fsp3) is 0.0667. The van der Waals surface area contributed by atoms with Crippen LogP contribution in [0.2, 0.25) is 5.02 Å². The Morgan fingerprint density at radius 3 is 2.40 bits per heavy atom. The molecule has 0 saturated carbocycles. The average molecular weight is 289 g/mol. The summed E-state index contributed by atoms with van der Waals surface area (Å²) in [4.78, 5) is 24.5. The number of carbonyl (C=O) groups is 2. The molecule has 1 amide bonds. The molecule has 0 unspecified atom stereocenters. The van der Waals surface area contributed by atoms with Crippen LogP contribution < -0.4 is 10.6 Å². The third-order valence-electron chi connectivity index (χ3n) is 2.97. The van der Waals surface area contributed by atoms with E-state index < -0.39 is 0 Å². The van der Waals surface area contributed by atoms with E-state index in [9.17, 15) is 9.59 Å². The number of ketones is 1. The van der Waals surface area contributed by atoms with E-state index in [4.69, 9.17) is 17.3 Å². The quantitative estimate of drug-likeness (QED) is 0.534. The molecule has 0 radical (unpaired) electrons. The molecule has 0 spiro atoms. The van der Waals surface area contributed by atoms with E-state index in [1.54, 1.807) is 49.5 Å². The minimum atomic E-state index is -0.242. The number of anilines is 2. The van der Waals surface area contributed by atoms with Crippen LogP contribution in [0.15, 0.2) is 42.5 Å². The number of carbonyl (C=O) groups excluding carboxylic acids is 2. The molecule has 0 aromatic heterocycles. The number of rotatable bonds is 4. The van der Waals surface area contributed by atoms with Gasteiger partial charge in [-0.05, 0) is 36.4 Å². The van der Waals surface area contributed by atoms with Crippen molar-refractivity contribution in [3.05, 3.63) is 58.6 Å². The molecule has 0 bridgehead atoms. The molecule has 0 aliphatic heterocycles. The lowest BCUT2D eigenvalue weighted by Crippen LogP contribution is -2.13. The Morgan fingerprint density at radius 1 is 1.20 bits per heavy atom. The average Bonchev–Trinajstić information content (AvgIpc) is 2.46. The molecule has 20 heavy (non-hydrogen) atoms. The Kier molecular flexibility index (Phi) is 4.05. The van der Waals surface area contributed by atoms with Gasteiger partial charge in [-0.15, -0.1) is 0 Å². The number of hydrogen-bond acceptors (Lipinski definition) is 3. The highest BCUT2D eigenvalue weighted by molar-refractivity contribution is 6.35. The van der Waals surface area contributed by atoms with Gasteiger partial charge >= 0.3 is 0 Å². The number of nitrogens with two attached hydrogens (primary N) is 1. The molecule has 0 aliphatic carbocycles. The van der Waals surface area contributed by atoms with E-state index in [2.05, 4.69) is 0 Å². The Hall–Kier alpha value is -2.33. The largest absolute Gasteiger partial charge is 0.398 e. The van der Waals surface area contributed by atoms with Gasteiger partial charge < -0.3 is 10.6 Å². The maximum absolute atomic E-state index is 12.4. The van der Waals surface area contributed by atoms with Crippen molar-refractivity contribution in [2.75, 3.05) is 17.7 Å². The molecule has 0 saturated heterocycles. The van der Waals surface area contributed by atoms with Gasteiger partial charge in [-0.2, -0.15) is 0 Å². The van der Waals surface area contributed by atoms with Crippen molar-refractivity contribution in [2.24, 2.45) is 0 Å². The third kappa shape index (κ3) is 2.65. The van der Waals surface area contributed by atoms with Crippen molar-refractivity contribution in [2.45, 2.75) is 0 Å². The maximum atomic E-state index is 12.4. The predicted octanol–water partition coefficient (Wildman–Crippen LogP) is 2.75. The first-order valence-corrected chi connectivity index (χ1v) is 6.29. The first-order chi connectivity index (χ1) is 9.54. The summed E-state index contributed by atoms with van der Waals surface area (Å²) >= 11 is 6.02. The van der Waals surface area contributed by atoms with Crippen molar-refractivity contribution in [3.8, 4) is 0 Å². The fourth-order valence-corrected chi connectivity index (χ4v) is 2.10. The van der Waals surface area contributed by atoms with E-state index in [1.807, 2.05) is 0 Å². The van der Waals surface area contributed by atoms with Gasteiger partial charge in [0.15, 0.2) is 5.78 Å². The first-order valence-electron chi connectivity index (χ1n) is 5.91. The summed E-state index contributed by atoms with van der Waals surface area (Å²) < 4.78 is 0. The van der Waals surface area contributed by atoms with Crippen LogP contribution in [0.25, 0.3) is 0 Å².